The van der Waals surface area contributed by atoms with Gasteiger partial charge in [0.15, 0.2) is 0 Å². The van der Waals surface area contributed by atoms with Crippen molar-refractivity contribution in [2.24, 2.45) is 5.92 Å². The lowest BCUT2D eigenvalue weighted by Gasteiger charge is -2.16. The van der Waals surface area contributed by atoms with Gasteiger partial charge in [0, 0.05) is 19.5 Å². The topological polar surface area (TPSA) is 111 Å². The summed E-state index contributed by atoms with van der Waals surface area (Å²) in [5.41, 5.74) is 0. The number of hydrogen-bond acceptors (Lipinski definition) is 4. The van der Waals surface area contributed by atoms with Crippen LogP contribution in [0.15, 0.2) is 6.33 Å². The van der Waals surface area contributed by atoms with E-state index in [0.717, 1.165) is 6.42 Å². The highest BCUT2D eigenvalue weighted by molar-refractivity contribution is 5.74. The summed E-state index contributed by atoms with van der Waals surface area (Å²) in [6.07, 6.45) is 3.04. The average molecular weight is 267 g/mol. The Bertz CT molecular complexity index is 434. The standard InChI is InChI=1S/C11H17N5O3/c17-10(18)2-1-8-3-4-16(6-8)11(19)12-5-9-13-7-14-15-9/h7-8H,1-6H2,(H,12,19)(H,17,18)(H,13,14,15). The third-order valence-electron chi connectivity index (χ3n) is 3.21. The van der Waals surface area contributed by atoms with E-state index in [1.54, 1.807) is 4.90 Å². The zero-order chi connectivity index (χ0) is 13.7. The van der Waals surface area contributed by atoms with Crippen molar-refractivity contribution in [2.45, 2.75) is 25.8 Å². The highest BCUT2D eigenvalue weighted by Crippen LogP contribution is 2.20. The summed E-state index contributed by atoms with van der Waals surface area (Å²) in [4.78, 5) is 28.0. The van der Waals surface area contributed by atoms with Crippen LogP contribution in [0.1, 0.15) is 25.1 Å². The molecule has 0 spiro atoms. The van der Waals surface area contributed by atoms with E-state index in [1.807, 2.05) is 0 Å². The summed E-state index contributed by atoms with van der Waals surface area (Å²) in [6, 6.07) is -0.144. The van der Waals surface area contributed by atoms with Crippen LogP contribution in [0.25, 0.3) is 0 Å². The smallest absolute Gasteiger partial charge is 0.317 e. The Kier molecular flexibility index (Phi) is 4.32. The molecule has 8 heteroatoms. The second kappa shape index (κ2) is 6.17. The fraction of sp³-hybridized carbons (Fsp3) is 0.636. The van der Waals surface area contributed by atoms with E-state index in [-0.39, 0.29) is 18.4 Å². The Labute approximate surface area is 110 Å². The number of urea groups is 1. The van der Waals surface area contributed by atoms with Crippen molar-refractivity contribution in [1.82, 2.24) is 25.4 Å². The molecule has 0 aromatic carbocycles. The largest absolute Gasteiger partial charge is 0.481 e. The van der Waals surface area contributed by atoms with Gasteiger partial charge in [0.1, 0.15) is 12.2 Å². The van der Waals surface area contributed by atoms with Crippen LogP contribution in [0.3, 0.4) is 0 Å². The summed E-state index contributed by atoms with van der Waals surface area (Å²) in [7, 11) is 0. The lowest BCUT2D eigenvalue weighted by molar-refractivity contribution is -0.137. The van der Waals surface area contributed by atoms with Gasteiger partial charge in [-0.15, -0.1) is 0 Å². The normalized spacial score (nSPS) is 18.5. The number of H-pyrrole nitrogens is 1. The first-order valence-electron chi connectivity index (χ1n) is 6.24. The maximum atomic E-state index is 11.9. The van der Waals surface area contributed by atoms with Gasteiger partial charge >= 0.3 is 12.0 Å². The van der Waals surface area contributed by atoms with Crippen molar-refractivity contribution in [2.75, 3.05) is 13.1 Å². The van der Waals surface area contributed by atoms with Gasteiger partial charge in [-0.05, 0) is 18.8 Å². The summed E-state index contributed by atoms with van der Waals surface area (Å²) in [6.45, 7) is 1.61. The van der Waals surface area contributed by atoms with Crippen molar-refractivity contribution in [3.05, 3.63) is 12.2 Å². The molecule has 2 amide bonds. The van der Waals surface area contributed by atoms with Gasteiger partial charge in [0.05, 0.1) is 6.54 Å². The first-order valence-corrected chi connectivity index (χ1v) is 6.24. The van der Waals surface area contributed by atoms with Crippen molar-refractivity contribution in [3.8, 4) is 0 Å². The number of hydrogen-bond donors (Lipinski definition) is 3. The number of carboxylic acids is 1. The Hall–Kier alpha value is -2.12. The third-order valence-corrected chi connectivity index (χ3v) is 3.21. The predicted octanol–water partition coefficient (Wildman–Crippen LogP) is 0.201. The first-order chi connectivity index (χ1) is 9.15. The number of likely N-dealkylation sites (tertiary alicyclic amines) is 1. The van der Waals surface area contributed by atoms with Crippen LogP contribution in [-0.2, 0) is 11.3 Å². The molecule has 2 heterocycles. The van der Waals surface area contributed by atoms with E-state index >= 15 is 0 Å². The maximum absolute atomic E-state index is 11.9. The van der Waals surface area contributed by atoms with Crippen LogP contribution in [0.4, 0.5) is 4.79 Å². The van der Waals surface area contributed by atoms with Crippen LogP contribution in [0.2, 0.25) is 0 Å². The van der Waals surface area contributed by atoms with Crippen LogP contribution in [-0.4, -0.2) is 50.3 Å². The van der Waals surface area contributed by atoms with E-state index in [1.165, 1.54) is 6.33 Å². The van der Waals surface area contributed by atoms with E-state index in [0.29, 0.717) is 31.9 Å². The monoisotopic (exact) mass is 267 g/mol. The zero-order valence-electron chi connectivity index (χ0n) is 10.5. The lowest BCUT2D eigenvalue weighted by atomic mass is 10.0. The molecule has 1 fully saturated rings. The average Bonchev–Trinajstić information content (AvgIpc) is 3.04. The molecule has 1 saturated heterocycles. The number of amides is 2. The minimum absolute atomic E-state index is 0.144. The van der Waals surface area contributed by atoms with Gasteiger partial charge in [-0.2, -0.15) is 5.10 Å². The lowest BCUT2D eigenvalue weighted by Crippen LogP contribution is -2.38. The molecule has 0 bridgehead atoms. The number of nitrogens with one attached hydrogen (secondary N) is 2. The Balaban J connectivity index is 1.71. The molecule has 2 rings (SSSR count). The number of carbonyl (C=O) groups is 2. The predicted molar refractivity (Wildman–Crippen MR) is 65.2 cm³/mol. The Morgan fingerprint density at radius 2 is 2.42 bits per heavy atom. The molecule has 19 heavy (non-hydrogen) atoms. The number of aromatic nitrogens is 3. The minimum atomic E-state index is -0.784. The number of carbonyl (C=O) groups excluding carboxylic acids is 1. The van der Waals surface area contributed by atoms with Crippen molar-refractivity contribution in [3.63, 3.8) is 0 Å². The van der Waals surface area contributed by atoms with Gasteiger partial charge in [-0.1, -0.05) is 0 Å². The van der Waals surface area contributed by atoms with E-state index in [9.17, 15) is 9.59 Å². The van der Waals surface area contributed by atoms with Gasteiger partial charge < -0.3 is 15.3 Å². The molecule has 1 aliphatic heterocycles. The molecule has 1 aromatic rings. The number of aliphatic carboxylic acids is 1. The summed E-state index contributed by atoms with van der Waals surface area (Å²) < 4.78 is 0. The summed E-state index contributed by atoms with van der Waals surface area (Å²) in [5.74, 6) is 0.107. The maximum Gasteiger partial charge on any atom is 0.317 e. The van der Waals surface area contributed by atoms with Crippen LogP contribution >= 0.6 is 0 Å². The van der Waals surface area contributed by atoms with Gasteiger partial charge in [-0.3, -0.25) is 9.89 Å². The highest BCUT2D eigenvalue weighted by atomic mass is 16.4. The van der Waals surface area contributed by atoms with Crippen LogP contribution in [0, 0.1) is 5.92 Å². The summed E-state index contributed by atoms with van der Waals surface area (Å²) >= 11 is 0. The third kappa shape index (κ3) is 3.94. The number of aromatic amines is 1. The van der Waals surface area contributed by atoms with Crippen LogP contribution < -0.4 is 5.32 Å². The second-order valence-corrected chi connectivity index (χ2v) is 4.62. The first kappa shape index (κ1) is 13.3. The SMILES string of the molecule is O=C(O)CCC1CCN(C(=O)NCc2ncn[nH]2)C1. The molecule has 104 valence electrons. The zero-order valence-corrected chi connectivity index (χ0v) is 10.5. The Morgan fingerprint density at radius 3 is 3.11 bits per heavy atom. The van der Waals surface area contributed by atoms with Crippen molar-refractivity contribution >= 4 is 12.0 Å². The summed E-state index contributed by atoms with van der Waals surface area (Å²) in [5, 5.41) is 17.7. The molecule has 3 N–H and O–H groups in total. The Morgan fingerprint density at radius 1 is 1.58 bits per heavy atom. The number of nitrogens with zero attached hydrogens (tertiary/aromatic N) is 3. The molecule has 1 unspecified atom stereocenters. The molecule has 8 nitrogen and oxygen atoms in total. The fourth-order valence-corrected chi connectivity index (χ4v) is 2.17. The molecular weight excluding hydrogens is 250 g/mol. The molecule has 1 aromatic heterocycles. The minimum Gasteiger partial charge on any atom is -0.481 e. The second-order valence-electron chi connectivity index (χ2n) is 4.62. The molecule has 0 saturated carbocycles. The fourth-order valence-electron chi connectivity index (χ4n) is 2.17. The van der Waals surface area contributed by atoms with Crippen LogP contribution in [0.5, 0.6) is 0 Å². The molecule has 0 aliphatic carbocycles. The quantitative estimate of drug-likeness (QED) is 0.705. The molecular formula is C11H17N5O3. The number of rotatable bonds is 5. The van der Waals surface area contributed by atoms with E-state index < -0.39 is 5.97 Å². The van der Waals surface area contributed by atoms with E-state index in [2.05, 4.69) is 20.5 Å². The van der Waals surface area contributed by atoms with Gasteiger partial charge in [0.2, 0.25) is 0 Å². The molecule has 0 radical (unpaired) electrons. The van der Waals surface area contributed by atoms with Gasteiger partial charge in [0.25, 0.3) is 0 Å². The van der Waals surface area contributed by atoms with Crippen molar-refractivity contribution < 1.29 is 14.7 Å². The molecule has 1 aliphatic rings. The van der Waals surface area contributed by atoms with Crippen molar-refractivity contribution in [1.29, 1.82) is 0 Å². The highest BCUT2D eigenvalue weighted by Gasteiger charge is 2.26. The van der Waals surface area contributed by atoms with Gasteiger partial charge in [-0.25, -0.2) is 9.78 Å². The van der Waals surface area contributed by atoms with E-state index in [4.69, 9.17) is 5.11 Å². The number of carboxylic acid groups (broad SMARTS) is 1. The molecule has 1 atom stereocenters.